The minimum absolute atomic E-state index is 0.0843. The lowest BCUT2D eigenvalue weighted by atomic mass is 10.1. The monoisotopic (exact) mass is 333 g/mol. The van der Waals surface area contributed by atoms with Gasteiger partial charge in [-0.25, -0.2) is 12.4 Å². The van der Waals surface area contributed by atoms with Crippen LogP contribution < -0.4 is 5.56 Å². The maximum absolute atomic E-state index is 12.9. The van der Waals surface area contributed by atoms with Crippen molar-refractivity contribution in [2.75, 3.05) is 0 Å². The number of hydrogen-bond acceptors (Lipinski definition) is 4. The molecule has 1 heterocycles. The average Bonchev–Trinajstić information content (AvgIpc) is 2.42. The minimum Gasteiger partial charge on any atom is -0.503 e. The molecule has 0 saturated carbocycles. The predicted octanol–water partition coefficient (Wildman–Crippen LogP) is 2.44. The summed E-state index contributed by atoms with van der Waals surface area (Å²) in [4.78, 5) is 12.4. The highest BCUT2D eigenvalue weighted by atomic mass is 32.2. The van der Waals surface area contributed by atoms with E-state index in [2.05, 4.69) is 6.58 Å². The third-order valence-corrected chi connectivity index (χ3v) is 5.57. The first-order valence-corrected chi connectivity index (χ1v) is 8.52. The Morgan fingerprint density at radius 2 is 1.78 bits per heavy atom. The van der Waals surface area contributed by atoms with Crippen LogP contribution in [0.4, 0.5) is 0 Å². The summed E-state index contributed by atoms with van der Waals surface area (Å²) in [6, 6.07) is 4.91. The van der Waals surface area contributed by atoms with E-state index < -0.39 is 21.3 Å². The van der Waals surface area contributed by atoms with E-state index in [0.717, 1.165) is 5.56 Å². The van der Waals surface area contributed by atoms with Gasteiger partial charge in [-0.2, -0.15) is 0 Å². The van der Waals surface area contributed by atoms with Crippen LogP contribution >= 0.6 is 0 Å². The van der Waals surface area contributed by atoms with Crippen molar-refractivity contribution in [3.8, 4) is 5.75 Å². The second kappa shape index (κ2) is 6.04. The number of pyridine rings is 1. The maximum Gasteiger partial charge on any atom is 0.306 e. The molecule has 122 valence electrons. The molecule has 0 bridgehead atoms. The standard InChI is InChI=1S/C17H19NO4S/c1-5-6-14-7-8-18(17(20)15(14)19)23(21,22)16-12(3)9-11(2)10-13(16)4/h5,7-10,19H,1,6H2,2-4H3. The molecule has 5 nitrogen and oxygen atoms in total. The average molecular weight is 333 g/mol. The van der Waals surface area contributed by atoms with E-state index in [-0.39, 0.29) is 11.3 Å². The van der Waals surface area contributed by atoms with Gasteiger partial charge < -0.3 is 5.11 Å². The SMILES string of the molecule is C=CCc1ccn(S(=O)(=O)c2c(C)cc(C)cc2C)c(=O)c1O. The van der Waals surface area contributed by atoms with E-state index in [1.165, 1.54) is 18.3 Å². The molecule has 0 aliphatic rings. The second-order valence-corrected chi connectivity index (χ2v) is 7.27. The predicted molar refractivity (Wildman–Crippen MR) is 89.5 cm³/mol. The Morgan fingerprint density at radius 3 is 2.30 bits per heavy atom. The van der Waals surface area contributed by atoms with E-state index >= 15 is 0 Å². The van der Waals surface area contributed by atoms with Crippen LogP contribution in [0.15, 0.2) is 46.7 Å². The molecule has 2 aromatic rings. The molecule has 0 amide bonds. The van der Waals surface area contributed by atoms with Crippen molar-refractivity contribution in [2.45, 2.75) is 32.1 Å². The zero-order valence-corrected chi connectivity index (χ0v) is 14.1. The van der Waals surface area contributed by atoms with Crippen molar-refractivity contribution in [2.24, 2.45) is 0 Å². The molecule has 0 spiro atoms. The van der Waals surface area contributed by atoms with Gasteiger partial charge in [0.1, 0.15) is 0 Å². The molecule has 6 heteroatoms. The van der Waals surface area contributed by atoms with Crippen molar-refractivity contribution in [1.82, 2.24) is 3.97 Å². The topological polar surface area (TPSA) is 76.4 Å². The highest BCUT2D eigenvalue weighted by Crippen LogP contribution is 2.24. The summed E-state index contributed by atoms with van der Waals surface area (Å²) in [6.07, 6.45) is 2.99. The lowest BCUT2D eigenvalue weighted by Gasteiger charge is -2.14. The Morgan fingerprint density at radius 1 is 1.22 bits per heavy atom. The lowest BCUT2D eigenvalue weighted by molar-refractivity contribution is 0.458. The Bertz CT molecular complexity index is 917. The zero-order valence-electron chi connectivity index (χ0n) is 13.3. The molecule has 0 saturated heterocycles. The van der Waals surface area contributed by atoms with Crippen LogP contribution in [0.5, 0.6) is 5.75 Å². The summed E-state index contributed by atoms with van der Waals surface area (Å²) >= 11 is 0. The third kappa shape index (κ3) is 2.94. The number of nitrogens with zero attached hydrogens (tertiary/aromatic N) is 1. The van der Waals surface area contributed by atoms with Crippen LogP contribution in [0.3, 0.4) is 0 Å². The van der Waals surface area contributed by atoms with E-state index in [4.69, 9.17) is 0 Å². The van der Waals surface area contributed by atoms with Gasteiger partial charge in [0.25, 0.3) is 10.0 Å². The van der Waals surface area contributed by atoms with Crippen LogP contribution in [0.25, 0.3) is 0 Å². The molecular weight excluding hydrogens is 314 g/mol. The second-order valence-electron chi connectivity index (χ2n) is 5.52. The van der Waals surface area contributed by atoms with E-state index in [9.17, 15) is 18.3 Å². The smallest absolute Gasteiger partial charge is 0.306 e. The highest BCUT2D eigenvalue weighted by molar-refractivity contribution is 7.90. The Balaban J connectivity index is 2.74. The van der Waals surface area contributed by atoms with Crippen LogP contribution in [-0.2, 0) is 16.4 Å². The van der Waals surface area contributed by atoms with Gasteiger partial charge in [-0.3, -0.25) is 4.79 Å². The van der Waals surface area contributed by atoms with Gasteiger partial charge in [-0.1, -0.05) is 23.8 Å². The molecular formula is C17H19NO4S. The Labute approximate surface area is 135 Å². The molecule has 1 N–H and O–H groups in total. The summed E-state index contributed by atoms with van der Waals surface area (Å²) in [5.41, 5.74) is 1.45. The van der Waals surface area contributed by atoms with E-state index in [1.807, 2.05) is 6.92 Å². The van der Waals surface area contributed by atoms with E-state index in [1.54, 1.807) is 26.0 Å². The van der Waals surface area contributed by atoms with Crippen molar-refractivity contribution in [3.05, 3.63) is 69.7 Å². The third-order valence-electron chi connectivity index (χ3n) is 3.60. The molecule has 0 radical (unpaired) electrons. The van der Waals surface area contributed by atoms with Gasteiger partial charge in [0.2, 0.25) is 0 Å². The zero-order chi connectivity index (χ0) is 17.4. The number of aromatic nitrogens is 1. The molecule has 0 unspecified atom stereocenters. The van der Waals surface area contributed by atoms with Gasteiger partial charge in [0, 0.05) is 11.8 Å². The largest absolute Gasteiger partial charge is 0.503 e. The fourth-order valence-electron chi connectivity index (χ4n) is 2.73. The first kappa shape index (κ1) is 17.0. The number of aryl methyl sites for hydroxylation is 3. The number of rotatable bonds is 4. The number of aromatic hydroxyl groups is 1. The lowest BCUT2D eigenvalue weighted by Crippen LogP contribution is -2.28. The van der Waals surface area contributed by atoms with Crippen molar-refractivity contribution < 1.29 is 13.5 Å². The maximum atomic E-state index is 12.9. The highest BCUT2D eigenvalue weighted by Gasteiger charge is 2.24. The summed E-state index contributed by atoms with van der Waals surface area (Å²) in [5.74, 6) is -0.571. The van der Waals surface area contributed by atoms with Crippen molar-refractivity contribution in [1.29, 1.82) is 0 Å². The van der Waals surface area contributed by atoms with Crippen LogP contribution in [0, 0.1) is 20.8 Å². The van der Waals surface area contributed by atoms with Crippen molar-refractivity contribution >= 4 is 10.0 Å². The van der Waals surface area contributed by atoms with Gasteiger partial charge in [-0.05, 0) is 44.4 Å². The molecule has 1 aromatic carbocycles. The molecule has 0 fully saturated rings. The van der Waals surface area contributed by atoms with Crippen LogP contribution in [-0.4, -0.2) is 17.5 Å². The molecule has 1 aromatic heterocycles. The summed E-state index contributed by atoms with van der Waals surface area (Å²) in [6.45, 7) is 8.78. The molecule has 0 atom stereocenters. The summed E-state index contributed by atoms with van der Waals surface area (Å²) < 4.78 is 26.3. The number of allylic oxidation sites excluding steroid dienone is 1. The van der Waals surface area contributed by atoms with Gasteiger partial charge in [-0.15, -0.1) is 6.58 Å². The van der Waals surface area contributed by atoms with Gasteiger partial charge >= 0.3 is 5.56 Å². The normalized spacial score (nSPS) is 11.4. The van der Waals surface area contributed by atoms with Gasteiger partial charge in [0.15, 0.2) is 5.75 Å². The Kier molecular flexibility index (Phi) is 4.47. The summed E-state index contributed by atoms with van der Waals surface area (Å²) in [5, 5.41) is 9.96. The van der Waals surface area contributed by atoms with Crippen molar-refractivity contribution in [3.63, 3.8) is 0 Å². The quantitative estimate of drug-likeness (QED) is 0.872. The van der Waals surface area contributed by atoms with Crippen LogP contribution in [0.1, 0.15) is 22.3 Å². The van der Waals surface area contributed by atoms with E-state index in [0.29, 0.717) is 20.7 Å². The molecule has 23 heavy (non-hydrogen) atoms. The number of hydrogen-bond donors (Lipinski definition) is 1. The van der Waals surface area contributed by atoms with Crippen LogP contribution in [0.2, 0.25) is 0 Å². The fourth-order valence-corrected chi connectivity index (χ4v) is 4.38. The van der Waals surface area contributed by atoms with Gasteiger partial charge in [0.05, 0.1) is 4.90 Å². The molecule has 2 rings (SSSR count). The summed E-state index contributed by atoms with van der Waals surface area (Å²) in [7, 11) is -4.08. The number of benzene rings is 1. The molecule has 0 aliphatic heterocycles. The first-order chi connectivity index (χ1) is 10.7. The Hall–Kier alpha value is -2.34. The first-order valence-electron chi connectivity index (χ1n) is 7.08. The molecule has 0 aliphatic carbocycles. The fraction of sp³-hybridized carbons (Fsp3) is 0.235. The minimum atomic E-state index is -4.08.